The van der Waals surface area contributed by atoms with E-state index in [2.05, 4.69) is 44.2 Å². The molecule has 6 heteroatoms. The van der Waals surface area contributed by atoms with E-state index >= 15 is 0 Å². The SMILES string of the molecule is COc1ccc(-c2nnc3n2C2(CCNCC2)CN(C)C3)cc1. The van der Waals surface area contributed by atoms with Crippen LogP contribution < -0.4 is 10.1 Å². The predicted octanol–water partition coefficient (Wildman–Crippen LogP) is 1.48. The van der Waals surface area contributed by atoms with Gasteiger partial charge in [-0.3, -0.25) is 4.90 Å². The summed E-state index contributed by atoms with van der Waals surface area (Å²) in [6.07, 6.45) is 2.23. The van der Waals surface area contributed by atoms with Gasteiger partial charge in [0, 0.05) is 12.1 Å². The van der Waals surface area contributed by atoms with Gasteiger partial charge in [0.1, 0.15) is 11.6 Å². The molecule has 1 aromatic carbocycles. The summed E-state index contributed by atoms with van der Waals surface area (Å²) in [4.78, 5) is 2.37. The van der Waals surface area contributed by atoms with Crippen LogP contribution in [0.5, 0.6) is 5.75 Å². The molecule has 1 spiro atoms. The maximum Gasteiger partial charge on any atom is 0.164 e. The highest BCUT2D eigenvalue weighted by Crippen LogP contribution is 2.37. The summed E-state index contributed by atoms with van der Waals surface area (Å²) in [5, 5.41) is 12.5. The molecular weight excluding hydrogens is 290 g/mol. The van der Waals surface area contributed by atoms with Gasteiger partial charge < -0.3 is 14.6 Å². The lowest BCUT2D eigenvalue weighted by Gasteiger charge is -2.46. The van der Waals surface area contributed by atoms with E-state index in [1.54, 1.807) is 7.11 Å². The average Bonchev–Trinajstić information content (AvgIpc) is 3.00. The quantitative estimate of drug-likeness (QED) is 0.910. The Bertz CT molecular complexity index is 688. The van der Waals surface area contributed by atoms with Crippen LogP contribution in [0.25, 0.3) is 11.4 Å². The van der Waals surface area contributed by atoms with Crippen molar-refractivity contribution in [3.63, 3.8) is 0 Å². The van der Waals surface area contributed by atoms with Crippen LogP contribution in [0.3, 0.4) is 0 Å². The lowest BCUT2D eigenvalue weighted by Crippen LogP contribution is -2.54. The van der Waals surface area contributed by atoms with Crippen LogP contribution in [0.4, 0.5) is 0 Å². The van der Waals surface area contributed by atoms with Gasteiger partial charge in [-0.1, -0.05) is 0 Å². The molecule has 122 valence electrons. The Kier molecular flexibility index (Phi) is 3.58. The van der Waals surface area contributed by atoms with Crippen molar-refractivity contribution in [1.29, 1.82) is 0 Å². The van der Waals surface area contributed by atoms with Crippen LogP contribution in [0, 0.1) is 0 Å². The number of nitrogens with zero attached hydrogens (tertiary/aromatic N) is 4. The highest BCUT2D eigenvalue weighted by atomic mass is 16.5. The number of ether oxygens (including phenoxy) is 1. The first-order valence-corrected chi connectivity index (χ1v) is 8.20. The molecule has 1 fully saturated rings. The van der Waals surface area contributed by atoms with Crippen molar-refractivity contribution >= 4 is 0 Å². The smallest absolute Gasteiger partial charge is 0.164 e. The van der Waals surface area contributed by atoms with Crippen LogP contribution in [0.15, 0.2) is 24.3 Å². The van der Waals surface area contributed by atoms with E-state index in [1.807, 2.05) is 12.1 Å². The average molecular weight is 313 g/mol. The van der Waals surface area contributed by atoms with Gasteiger partial charge in [0.15, 0.2) is 5.82 Å². The summed E-state index contributed by atoms with van der Waals surface area (Å²) in [5.74, 6) is 2.92. The lowest BCUT2D eigenvalue weighted by atomic mass is 9.85. The molecule has 23 heavy (non-hydrogen) atoms. The third-order valence-corrected chi connectivity index (χ3v) is 5.06. The first-order valence-electron chi connectivity index (χ1n) is 8.20. The Morgan fingerprint density at radius 2 is 1.87 bits per heavy atom. The minimum atomic E-state index is 0.104. The molecule has 0 aliphatic carbocycles. The van der Waals surface area contributed by atoms with Crippen LogP contribution in [0.2, 0.25) is 0 Å². The van der Waals surface area contributed by atoms with Crippen molar-refractivity contribution in [2.45, 2.75) is 24.9 Å². The second-order valence-corrected chi connectivity index (χ2v) is 6.65. The summed E-state index contributed by atoms with van der Waals surface area (Å²) >= 11 is 0. The van der Waals surface area contributed by atoms with E-state index in [0.29, 0.717) is 0 Å². The van der Waals surface area contributed by atoms with Gasteiger partial charge in [0.25, 0.3) is 0 Å². The second kappa shape index (κ2) is 5.62. The van der Waals surface area contributed by atoms with E-state index in [1.165, 1.54) is 0 Å². The summed E-state index contributed by atoms with van der Waals surface area (Å²) in [6, 6.07) is 8.12. The fourth-order valence-electron chi connectivity index (χ4n) is 3.99. The lowest BCUT2D eigenvalue weighted by molar-refractivity contribution is 0.0952. The molecule has 0 saturated carbocycles. The molecule has 0 bridgehead atoms. The van der Waals surface area contributed by atoms with Gasteiger partial charge in [-0.25, -0.2) is 0 Å². The van der Waals surface area contributed by atoms with Crippen molar-refractivity contribution in [1.82, 2.24) is 25.0 Å². The van der Waals surface area contributed by atoms with Gasteiger partial charge in [-0.15, -0.1) is 10.2 Å². The van der Waals surface area contributed by atoms with Crippen molar-refractivity contribution in [2.75, 3.05) is 33.8 Å². The van der Waals surface area contributed by atoms with E-state index in [-0.39, 0.29) is 5.54 Å². The Hall–Kier alpha value is -1.92. The fraction of sp³-hybridized carbons (Fsp3) is 0.529. The van der Waals surface area contributed by atoms with Gasteiger partial charge in [-0.2, -0.15) is 0 Å². The van der Waals surface area contributed by atoms with E-state index in [9.17, 15) is 0 Å². The standard InChI is InChI=1S/C17H23N5O/c1-21-11-15-19-20-16(13-3-5-14(23-2)6-4-13)22(15)17(12-21)7-9-18-10-8-17/h3-6,18H,7-12H2,1-2H3. The normalized spacial score (nSPS) is 20.4. The van der Waals surface area contributed by atoms with Gasteiger partial charge >= 0.3 is 0 Å². The third-order valence-electron chi connectivity index (χ3n) is 5.06. The molecular formula is C17H23N5O. The minimum absolute atomic E-state index is 0.104. The van der Waals surface area contributed by atoms with E-state index < -0.39 is 0 Å². The highest BCUT2D eigenvalue weighted by molar-refractivity contribution is 5.57. The Morgan fingerprint density at radius 3 is 2.57 bits per heavy atom. The number of piperidine rings is 1. The number of hydrogen-bond donors (Lipinski definition) is 1. The van der Waals surface area contributed by atoms with Crippen LogP contribution in [-0.2, 0) is 12.1 Å². The molecule has 2 aliphatic heterocycles. The van der Waals surface area contributed by atoms with Crippen molar-refractivity contribution in [2.24, 2.45) is 0 Å². The summed E-state index contributed by atoms with van der Waals surface area (Å²) < 4.78 is 7.68. The number of aromatic nitrogens is 3. The van der Waals surface area contributed by atoms with Gasteiger partial charge in [0.05, 0.1) is 19.2 Å². The Morgan fingerprint density at radius 1 is 1.13 bits per heavy atom. The fourth-order valence-corrected chi connectivity index (χ4v) is 3.99. The first-order chi connectivity index (χ1) is 11.2. The van der Waals surface area contributed by atoms with E-state index in [0.717, 1.165) is 62.0 Å². The molecule has 3 heterocycles. The third kappa shape index (κ3) is 2.42. The summed E-state index contributed by atoms with van der Waals surface area (Å²) in [7, 11) is 3.86. The zero-order valence-electron chi connectivity index (χ0n) is 13.7. The molecule has 2 aliphatic rings. The number of methoxy groups -OCH3 is 1. The Balaban J connectivity index is 1.81. The van der Waals surface area contributed by atoms with Crippen molar-refractivity contribution in [3.05, 3.63) is 30.1 Å². The molecule has 1 aromatic heterocycles. The maximum atomic E-state index is 5.27. The molecule has 1 N–H and O–H groups in total. The van der Waals surface area contributed by atoms with Crippen LogP contribution in [0.1, 0.15) is 18.7 Å². The monoisotopic (exact) mass is 313 g/mol. The van der Waals surface area contributed by atoms with Crippen molar-refractivity contribution < 1.29 is 4.74 Å². The number of hydrogen-bond acceptors (Lipinski definition) is 5. The molecule has 0 radical (unpaired) electrons. The molecule has 0 atom stereocenters. The van der Waals surface area contributed by atoms with Crippen LogP contribution in [-0.4, -0.2) is 53.5 Å². The minimum Gasteiger partial charge on any atom is -0.497 e. The second-order valence-electron chi connectivity index (χ2n) is 6.65. The predicted molar refractivity (Wildman–Crippen MR) is 88.4 cm³/mol. The van der Waals surface area contributed by atoms with Crippen molar-refractivity contribution in [3.8, 4) is 17.1 Å². The largest absolute Gasteiger partial charge is 0.497 e. The number of fused-ring (bicyclic) bond motifs is 2. The number of rotatable bonds is 2. The molecule has 0 amide bonds. The van der Waals surface area contributed by atoms with Gasteiger partial charge in [-0.05, 0) is 57.2 Å². The summed E-state index contributed by atoms with van der Waals surface area (Å²) in [5.41, 5.74) is 1.21. The number of likely N-dealkylation sites (N-methyl/N-ethyl adjacent to an activating group) is 1. The molecule has 6 nitrogen and oxygen atoms in total. The first kappa shape index (κ1) is 14.7. The molecule has 2 aromatic rings. The molecule has 4 rings (SSSR count). The maximum absolute atomic E-state index is 5.27. The Labute approximate surface area is 136 Å². The molecule has 0 unspecified atom stereocenters. The van der Waals surface area contributed by atoms with E-state index in [4.69, 9.17) is 4.74 Å². The zero-order chi connectivity index (χ0) is 15.9. The number of benzene rings is 1. The number of nitrogens with one attached hydrogen (secondary N) is 1. The molecule has 1 saturated heterocycles. The topological polar surface area (TPSA) is 55.2 Å². The van der Waals surface area contributed by atoms with Gasteiger partial charge in [0.2, 0.25) is 0 Å². The highest BCUT2D eigenvalue weighted by Gasteiger charge is 2.42. The van der Waals surface area contributed by atoms with Crippen LogP contribution >= 0.6 is 0 Å². The summed E-state index contributed by atoms with van der Waals surface area (Å²) in [6.45, 7) is 4.02. The zero-order valence-corrected chi connectivity index (χ0v) is 13.7.